The third-order valence-electron chi connectivity index (χ3n) is 4.06. The third kappa shape index (κ3) is 3.28. The molecule has 1 aliphatic heterocycles. The van der Waals surface area contributed by atoms with Crippen LogP contribution in [0.15, 0.2) is 51.7 Å². The molecule has 0 saturated heterocycles. The van der Waals surface area contributed by atoms with Crippen molar-refractivity contribution in [2.75, 3.05) is 6.61 Å². The standard InChI is InChI=1S/C19H12F3N5O3/c1-2-30-14-8-4-6-11(24-14)17-26-16-18(25-13(29)9-23-16)27(17)15-10(19(20,21)22)5-3-7-12(15)28/h3,5,7-9,28H,2H2,1H3,(H,25,29). The van der Waals surface area contributed by atoms with Gasteiger partial charge in [-0.1, -0.05) is 11.8 Å². The van der Waals surface area contributed by atoms with Crippen LogP contribution in [0.1, 0.15) is 18.3 Å². The number of ether oxygens (including phenoxy) is 1. The van der Waals surface area contributed by atoms with Gasteiger partial charge in [0.2, 0.25) is 5.90 Å². The Balaban J connectivity index is 2.11. The Labute approximate surface area is 166 Å². The molecule has 2 N–H and O–H groups in total. The van der Waals surface area contributed by atoms with E-state index in [4.69, 9.17) is 4.74 Å². The number of phenols is 1. The van der Waals surface area contributed by atoms with Crippen molar-refractivity contribution in [1.82, 2.24) is 19.5 Å². The zero-order valence-corrected chi connectivity index (χ0v) is 15.3. The Morgan fingerprint density at radius 3 is 2.87 bits per heavy atom. The molecule has 1 aliphatic rings. The highest BCUT2D eigenvalue weighted by Gasteiger charge is 2.37. The van der Waals surface area contributed by atoms with Crippen LogP contribution in [0.25, 0.3) is 22.7 Å². The van der Waals surface area contributed by atoms with Gasteiger partial charge in [0.25, 0.3) is 5.56 Å². The van der Waals surface area contributed by atoms with E-state index >= 15 is 0 Å². The molecule has 0 fully saturated rings. The fourth-order valence-electron chi connectivity index (χ4n) is 2.92. The van der Waals surface area contributed by atoms with Crippen molar-refractivity contribution in [3.05, 3.63) is 63.7 Å². The number of alkyl halides is 3. The van der Waals surface area contributed by atoms with Gasteiger partial charge < -0.3 is 14.8 Å². The van der Waals surface area contributed by atoms with Gasteiger partial charge in [0.15, 0.2) is 22.8 Å². The van der Waals surface area contributed by atoms with E-state index in [1.807, 2.05) is 0 Å². The number of imidazole rings is 1. The lowest BCUT2D eigenvalue weighted by atomic mass is 10.1. The molecular formula is C19H12F3N5O3. The Bertz CT molecular complexity index is 1350. The van der Waals surface area contributed by atoms with Crippen molar-refractivity contribution in [3.8, 4) is 11.4 Å². The lowest BCUT2D eigenvalue weighted by Crippen LogP contribution is -2.14. The number of phenolic OH excluding ortho intramolecular Hbond substituents is 1. The molecule has 0 unspecified atom stereocenters. The Morgan fingerprint density at radius 2 is 2.13 bits per heavy atom. The van der Waals surface area contributed by atoms with Gasteiger partial charge >= 0.3 is 6.18 Å². The fourth-order valence-corrected chi connectivity index (χ4v) is 2.92. The normalized spacial score (nSPS) is 13.5. The van der Waals surface area contributed by atoms with Gasteiger partial charge in [-0.2, -0.15) is 13.2 Å². The van der Waals surface area contributed by atoms with E-state index in [0.717, 1.165) is 29.0 Å². The third-order valence-corrected chi connectivity index (χ3v) is 4.06. The molecule has 3 aromatic rings. The van der Waals surface area contributed by atoms with Crippen molar-refractivity contribution < 1.29 is 23.0 Å². The van der Waals surface area contributed by atoms with Gasteiger partial charge in [-0.25, -0.2) is 15.0 Å². The van der Waals surface area contributed by atoms with Gasteiger partial charge in [-0.3, -0.25) is 9.36 Å². The van der Waals surface area contributed by atoms with E-state index in [1.54, 1.807) is 6.92 Å². The summed E-state index contributed by atoms with van der Waals surface area (Å²) in [6.45, 7) is 2.03. The zero-order valence-electron chi connectivity index (χ0n) is 15.3. The number of benzene rings is 1. The molecule has 2 aromatic heterocycles. The first-order chi connectivity index (χ1) is 14.3. The summed E-state index contributed by atoms with van der Waals surface area (Å²) in [6.07, 6.45) is -2.46. The number of fused-ring (bicyclic) bond motifs is 1. The molecule has 30 heavy (non-hydrogen) atoms. The number of aromatic nitrogens is 4. The van der Waals surface area contributed by atoms with Gasteiger partial charge in [-0.05, 0) is 24.8 Å². The van der Waals surface area contributed by atoms with Crippen LogP contribution in [0.4, 0.5) is 13.2 Å². The number of aliphatic imine (C=N–C) groups is 1. The number of nitrogens with one attached hydrogen (secondary N) is 1. The fraction of sp³-hybridized carbons (Fsp3) is 0.158. The maximum Gasteiger partial charge on any atom is 0.418 e. The highest BCUT2D eigenvalue weighted by atomic mass is 19.4. The topological polar surface area (TPSA) is 105 Å². The SMILES string of the molecule is CCOC1=NC(c2nc3ncc(=O)[nH]c3n2-c2c(O)cccc2C(F)(F)F)=C=C=C1. The highest BCUT2D eigenvalue weighted by molar-refractivity contribution is 5.93. The number of hydrogen-bond donors (Lipinski definition) is 2. The second-order valence-electron chi connectivity index (χ2n) is 6.01. The van der Waals surface area contributed by atoms with Crippen molar-refractivity contribution in [2.45, 2.75) is 13.1 Å². The molecule has 0 radical (unpaired) electrons. The lowest BCUT2D eigenvalue weighted by molar-refractivity contribution is -0.137. The average molecular weight is 415 g/mol. The molecule has 152 valence electrons. The predicted octanol–water partition coefficient (Wildman–Crippen LogP) is 2.93. The number of aromatic amines is 1. The molecular weight excluding hydrogens is 403 g/mol. The average Bonchev–Trinajstić information content (AvgIpc) is 3.06. The molecule has 0 saturated carbocycles. The largest absolute Gasteiger partial charge is 0.506 e. The molecule has 8 nitrogen and oxygen atoms in total. The van der Waals surface area contributed by atoms with Gasteiger partial charge in [0, 0.05) is 0 Å². The first-order valence-corrected chi connectivity index (χ1v) is 8.60. The summed E-state index contributed by atoms with van der Waals surface area (Å²) >= 11 is 0. The van der Waals surface area contributed by atoms with Gasteiger partial charge in [0.1, 0.15) is 11.4 Å². The monoisotopic (exact) mass is 415 g/mol. The first-order valence-electron chi connectivity index (χ1n) is 8.60. The first kappa shape index (κ1) is 19.3. The van der Waals surface area contributed by atoms with E-state index in [0.29, 0.717) is 6.61 Å². The Hall–Kier alpha value is -4.07. The van der Waals surface area contributed by atoms with Crippen LogP contribution in [0.3, 0.4) is 0 Å². The molecule has 11 heteroatoms. The van der Waals surface area contributed by atoms with Crippen LogP contribution in [-0.4, -0.2) is 37.1 Å². The number of para-hydroxylation sites is 1. The van der Waals surface area contributed by atoms with E-state index in [-0.39, 0.29) is 28.7 Å². The van der Waals surface area contributed by atoms with Crippen LogP contribution in [0.5, 0.6) is 5.75 Å². The Kier molecular flexibility index (Phi) is 4.54. The van der Waals surface area contributed by atoms with E-state index in [9.17, 15) is 23.1 Å². The molecule has 3 heterocycles. The van der Waals surface area contributed by atoms with E-state index < -0.39 is 28.7 Å². The smallest absolute Gasteiger partial charge is 0.418 e. The van der Waals surface area contributed by atoms with E-state index in [2.05, 4.69) is 31.4 Å². The highest BCUT2D eigenvalue weighted by Crippen LogP contribution is 2.40. The van der Waals surface area contributed by atoms with Gasteiger partial charge in [0.05, 0.1) is 24.4 Å². The van der Waals surface area contributed by atoms with Crippen LogP contribution < -0.4 is 5.56 Å². The van der Waals surface area contributed by atoms with Crippen molar-refractivity contribution in [2.24, 2.45) is 4.99 Å². The zero-order chi connectivity index (χ0) is 21.5. The van der Waals surface area contributed by atoms with Crippen LogP contribution in [-0.2, 0) is 10.9 Å². The molecule has 1 aromatic carbocycles. The number of hydrogen-bond acceptors (Lipinski definition) is 6. The molecule has 0 spiro atoms. The number of nitrogens with zero attached hydrogens (tertiary/aromatic N) is 4. The summed E-state index contributed by atoms with van der Waals surface area (Å²) in [5.41, 5.74) is 2.66. The molecule has 0 bridgehead atoms. The summed E-state index contributed by atoms with van der Waals surface area (Å²) in [5, 5.41) is 10.3. The second kappa shape index (κ2) is 7.07. The minimum atomic E-state index is -4.80. The number of H-pyrrole nitrogens is 1. The minimum Gasteiger partial charge on any atom is -0.506 e. The maximum atomic E-state index is 13.7. The quantitative estimate of drug-likeness (QED) is 0.640. The summed E-state index contributed by atoms with van der Waals surface area (Å²) in [7, 11) is 0. The molecule has 4 rings (SSSR count). The van der Waals surface area contributed by atoms with Crippen LogP contribution >= 0.6 is 0 Å². The maximum absolute atomic E-state index is 13.7. The molecule has 0 amide bonds. The Morgan fingerprint density at radius 1 is 1.33 bits per heavy atom. The summed E-state index contributed by atoms with van der Waals surface area (Å²) in [5.74, 6) is -0.677. The summed E-state index contributed by atoms with van der Waals surface area (Å²) in [4.78, 5) is 26.5. The second-order valence-corrected chi connectivity index (χ2v) is 6.01. The predicted molar refractivity (Wildman–Crippen MR) is 100 cm³/mol. The van der Waals surface area contributed by atoms with E-state index in [1.165, 1.54) is 6.08 Å². The number of aromatic hydroxyl groups is 1. The number of halogens is 3. The summed E-state index contributed by atoms with van der Waals surface area (Å²) in [6, 6.07) is 2.96. The summed E-state index contributed by atoms with van der Waals surface area (Å²) < 4.78 is 47.4. The van der Waals surface area contributed by atoms with Crippen LogP contribution in [0, 0.1) is 0 Å². The lowest BCUT2D eigenvalue weighted by Gasteiger charge is -2.17. The number of rotatable bonds is 3. The van der Waals surface area contributed by atoms with Crippen molar-refractivity contribution in [3.63, 3.8) is 0 Å². The molecule has 0 aliphatic carbocycles. The molecule has 0 atom stereocenters. The van der Waals surface area contributed by atoms with Crippen molar-refractivity contribution in [1.29, 1.82) is 0 Å². The van der Waals surface area contributed by atoms with Crippen molar-refractivity contribution >= 4 is 22.9 Å². The van der Waals surface area contributed by atoms with Crippen LogP contribution in [0.2, 0.25) is 0 Å². The van der Waals surface area contributed by atoms with Gasteiger partial charge in [-0.15, -0.1) is 0 Å². The minimum absolute atomic E-state index is 0.0174.